The second-order valence-electron chi connectivity index (χ2n) is 7.14. The van der Waals surface area contributed by atoms with Gasteiger partial charge < -0.3 is 14.7 Å². The van der Waals surface area contributed by atoms with Crippen molar-refractivity contribution in [3.63, 3.8) is 0 Å². The molecule has 0 radical (unpaired) electrons. The van der Waals surface area contributed by atoms with Crippen molar-refractivity contribution in [3.8, 4) is 0 Å². The van der Waals surface area contributed by atoms with Crippen LogP contribution in [0.15, 0.2) is 0 Å². The fraction of sp³-hybridized carbons (Fsp3) is 0.929. The van der Waals surface area contributed by atoms with E-state index >= 15 is 0 Å². The van der Waals surface area contributed by atoms with E-state index < -0.39 is 34.0 Å². The molecule has 0 saturated carbocycles. The van der Waals surface area contributed by atoms with E-state index in [9.17, 15) is 18.3 Å². The molecule has 9 heteroatoms. The van der Waals surface area contributed by atoms with Crippen LogP contribution in [0.25, 0.3) is 0 Å². The fourth-order valence-electron chi connectivity index (χ4n) is 2.75. The number of hydrogen-bond donors (Lipinski definition) is 2. The van der Waals surface area contributed by atoms with E-state index in [0.29, 0.717) is 13.1 Å². The summed E-state index contributed by atoms with van der Waals surface area (Å²) in [5.41, 5.74) is -0.632. The average molecular weight is 349 g/mol. The number of aliphatic hydroxyl groups excluding tert-OH is 1. The first-order valence-corrected chi connectivity index (χ1v) is 9.46. The number of β-amino-alcohol motifs (C(OH)–C–C–N with tert-alkyl or cyclic N) is 1. The molecule has 2 saturated heterocycles. The van der Waals surface area contributed by atoms with Gasteiger partial charge in [0.2, 0.25) is 0 Å². The Labute approximate surface area is 138 Å². The number of hydrogen-bond acceptors (Lipinski definition) is 5. The molecule has 2 aliphatic rings. The first-order valence-electron chi connectivity index (χ1n) is 8.02. The number of likely N-dealkylation sites (tertiary alicyclic amines) is 1. The zero-order valence-corrected chi connectivity index (χ0v) is 14.8. The molecule has 0 unspecified atom stereocenters. The lowest BCUT2D eigenvalue weighted by Gasteiger charge is -2.28. The maximum absolute atomic E-state index is 12.4. The highest BCUT2D eigenvalue weighted by Gasteiger charge is 2.39. The van der Waals surface area contributed by atoms with Crippen LogP contribution in [0.3, 0.4) is 0 Å². The minimum absolute atomic E-state index is 0.0576. The zero-order chi connectivity index (χ0) is 17.3. The third kappa shape index (κ3) is 5.03. The van der Waals surface area contributed by atoms with Crippen molar-refractivity contribution in [1.82, 2.24) is 13.9 Å². The van der Waals surface area contributed by atoms with Crippen LogP contribution in [0, 0.1) is 0 Å². The summed E-state index contributed by atoms with van der Waals surface area (Å²) < 4.78 is 33.9. The minimum atomic E-state index is -3.64. The van der Waals surface area contributed by atoms with Crippen molar-refractivity contribution in [2.75, 3.05) is 26.2 Å². The Kier molecular flexibility index (Phi) is 5.55. The first-order chi connectivity index (χ1) is 10.6. The molecule has 0 aromatic carbocycles. The van der Waals surface area contributed by atoms with Gasteiger partial charge in [-0.05, 0) is 33.6 Å². The minimum Gasteiger partial charge on any atom is -0.444 e. The molecular formula is C14H27N3O5S. The number of aliphatic hydroxyl groups is 1. The molecule has 23 heavy (non-hydrogen) atoms. The summed E-state index contributed by atoms with van der Waals surface area (Å²) in [5, 5.41) is 10.1. The highest BCUT2D eigenvalue weighted by atomic mass is 32.2. The summed E-state index contributed by atoms with van der Waals surface area (Å²) in [4.78, 5) is 13.4. The first kappa shape index (κ1) is 18.4. The Morgan fingerprint density at radius 2 is 1.78 bits per heavy atom. The van der Waals surface area contributed by atoms with Crippen LogP contribution in [0.5, 0.6) is 0 Å². The van der Waals surface area contributed by atoms with Gasteiger partial charge in [-0.2, -0.15) is 17.4 Å². The molecule has 2 atom stereocenters. The SMILES string of the molecule is CC(C)(C)OC(=O)N1C[C@@H](O)[C@@H](NS(=O)(=O)N2CCCCC2)C1. The van der Waals surface area contributed by atoms with Crippen LogP contribution >= 0.6 is 0 Å². The van der Waals surface area contributed by atoms with Gasteiger partial charge in [-0.25, -0.2) is 4.79 Å². The number of piperidine rings is 1. The highest BCUT2D eigenvalue weighted by Crippen LogP contribution is 2.18. The smallest absolute Gasteiger partial charge is 0.410 e. The summed E-state index contributed by atoms with van der Waals surface area (Å²) in [6.07, 6.45) is 1.24. The summed E-state index contributed by atoms with van der Waals surface area (Å²) in [6, 6.07) is -0.713. The number of nitrogens with zero attached hydrogens (tertiary/aromatic N) is 2. The van der Waals surface area contributed by atoms with Crippen LogP contribution in [0.2, 0.25) is 0 Å². The van der Waals surface area contributed by atoms with Crippen LogP contribution in [-0.4, -0.2) is 72.7 Å². The predicted molar refractivity (Wildman–Crippen MR) is 85.1 cm³/mol. The monoisotopic (exact) mass is 349 g/mol. The van der Waals surface area contributed by atoms with Crippen molar-refractivity contribution in [3.05, 3.63) is 0 Å². The maximum atomic E-state index is 12.4. The largest absolute Gasteiger partial charge is 0.444 e. The number of amides is 1. The molecule has 1 amide bonds. The van der Waals surface area contributed by atoms with Gasteiger partial charge in [-0.15, -0.1) is 0 Å². The topological polar surface area (TPSA) is 99.2 Å². The third-order valence-corrected chi connectivity index (χ3v) is 5.54. The van der Waals surface area contributed by atoms with Crippen molar-refractivity contribution in [2.45, 2.75) is 57.8 Å². The maximum Gasteiger partial charge on any atom is 0.410 e. The number of carbonyl (C=O) groups excluding carboxylic acids is 1. The number of ether oxygens (including phenoxy) is 1. The highest BCUT2D eigenvalue weighted by molar-refractivity contribution is 7.87. The van der Waals surface area contributed by atoms with E-state index in [-0.39, 0.29) is 13.1 Å². The van der Waals surface area contributed by atoms with Gasteiger partial charge in [-0.3, -0.25) is 0 Å². The Morgan fingerprint density at radius 3 is 2.35 bits per heavy atom. The number of rotatable bonds is 3. The Hall–Kier alpha value is -0.900. The molecule has 134 valence electrons. The van der Waals surface area contributed by atoms with Gasteiger partial charge in [0.25, 0.3) is 10.2 Å². The fourth-order valence-corrected chi connectivity index (χ4v) is 4.25. The van der Waals surface area contributed by atoms with Gasteiger partial charge in [-0.1, -0.05) is 6.42 Å². The summed E-state index contributed by atoms with van der Waals surface area (Å²) in [6.45, 7) is 6.42. The molecule has 2 fully saturated rings. The molecule has 0 aromatic rings. The molecule has 2 heterocycles. The second-order valence-corrected chi connectivity index (χ2v) is 8.84. The predicted octanol–water partition coefficient (Wildman–Crippen LogP) is 0.287. The molecule has 0 bridgehead atoms. The van der Waals surface area contributed by atoms with Crippen molar-refractivity contribution in [2.24, 2.45) is 0 Å². The molecular weight excluding hydrogens is 322 g/mol. The van der Waals surface area contributed by atoms with Gasteiger partial charge >= 0.3 is 6.09 Å². The number of nitrogens with one attached hydrogen (secondary N) is 1. The van der Waals surface area contributed by atoms with Crippen molar-refractivity contribution in [1.29, 1.82) is 0 Å². The molecule has 0 spiro atoms. The molecule has 2 aliphatic heterocycles. The quantitative estimate of drug-likeness (QED) is 0.763. The van der Waals surface area contributed by atoms with E-state index in [4.69, 9.17) is 4.74 Å². The lowest BCUT2D eigenvalue weighted by molar-refractivity contribution is 0.0270. The normalized spacial score (nSPS) is 27.2. The molecule has 2 N–H and O–H groups in total. The molecule has 2 rings (SSSR count). The van der Waals surface area contributed by atoms with Crippen molar-refractivity contribution < 1.29 is 23.1 Å². The lowest BCUT2D eigenvalue weighted by atomic mass is 10.2. The van der Waals surface area contributed by atoms with E-state index in [1.807, 2.05) is 0 Å². The Morgan fingerprint density at radius 1 is 1.17 bits per heavy atom. The van der Waals surface area contributed by atoms with E-state index in [1.54, 1.807) is 20.8 Å². The molecule has 8 nitrogen and oxygen atoms in total. The second kappa shape index (κ2) is 6.92. The van der Waals surface area contributed by atoms with Crippen LogP contribution in [0.4, 0.5) is 4.79 Å². The van der Waals surface area contributed by atoms with Gasteiger partial charge in [0, 0.05) is 19.6 Å². The number of carbonyl (C=O) groups is 1. The van der Waals surface area contributed by atoms with E-state index in [2.05, 4.69) is 4.72 Å². The van der Waals surface area contributed by atoms with Gasteiger partial charge in [0.05, 0.1) is 18.7 Å². The van der Waals surface area contributed by atoms with Crippen LogP contribution in [0.1, 0.15) is 40.0 Å². The molecule has 0 aromatic heterocycles. The lowest BCUT2D eigenvalue weighted by Crippen LogP contribution is -2.50. The summed E-state index contributed by atoms with van der Waals surface area (Å²) >= 11 is 0. The van der Waals surface area contributed by atoms with Crippen LogP contribution < -0.4 is 4.72 Å². The van der Waals surface area contributed by atoms with E-state index in [0.717, 1.165) is 19.3 Å². The van der Waals surface area contributed by atoms with E-state index in [1.165, 1.54) is 9.21 Å². The third-order valence-electron chi connectivity index (χ3n) is 3.90. The molecule has 0 aliphatic carbocycles. The van der Waals surface area contributed by atoms with Gasteiger partial charge in [0.1, 0.15) is 5.60 Å². The van der Waals surface area contributed by atoms with Gasteiger partial charge in [0.15, 0.2) is 0 Å². The Balaban J connectivity index is 1.95. The van der Waals surface area contributed by atoms with Crippen molar-refractivity contribution >= 4 is 16.3 Å². The summed E-state index contributed by atoms with van der Waals surface area (Å²) in [7, 11) is -3.64. The Bertz CT molecular complexity index is 525. The standard InChI is InChI=1S/C14H27N3O5S/c1-14(2,3)22-13(19)16-9-11(12(18)10-16)15-23(20,21)17-7-5-4-6-8-17/h11-12,15,18H,4-10H2,1-3H3/t11-,12+/m0/s1. The summed E-state index contributed by atoms with van der Waals surface area (Å²) in [5.74, 6) is 0. The average Bonchev–Trinajstić information content (AvgIpc) is 2.79. The van der Waals surface area contributed by atoms with Crippen LogP contribution in [-0.2, 0) is 14.9 Å². The zero-order valence-electron chi connectivity index (χ0n) is 14.0.